The van der Waals surface area contributed by atoms with E-state index in [4.69, 9.17) is 17.0 Å². The molecule has 1 fully saturated rings. The first-order chi connectivity index (χ1) is 14.6. The Labute approximate surface area is 186 Å². The molecule has 154 valence electrons. The molecule has 1 aliphatic rings. The first kappa shape index (κ1) is 20.7. The first-order valence-corrected chi connectivity index (χ1v) is 11.3. The predicted octanol–water partition coefficient (Wildman–Crippen LogP) is 5.64. The van der Waals surface area contributed by atoms with E-state index in [2.05, 4.69) is 42.0 Å². The third kappa shape index (κ3) is 4.30. The lowest BCUT2D eigenvalue weighted by Gasteiger charge is -2.09. The molecule has 1 aliphatic heterocycles. The van der Waals surface area contributed by atoms with Crippen LogP contribution in [0.15, 0.2) is 59.6 Å². The van der Waals surface area contributed by atoms with Gasteiger partial charge < -0.3 is 9.30 Å². The molecule has 4 nitrogen and oxygen atoms in total. The molecule has 2 heterocycles. The maximum Gasteiger partial charge on any atom is 0.266 e. The van der Waals surface area contributed by atoms with Crippen molar-refractivity contribution in [2.45, 2.75) is 26.8 Å². The van der Waals surface area contributed by atoms with Crippen LogP contribution in [0.1, 0.15) is 24.5 Å². The summed E-state index contributed by atoms with van der Waals surface area (Å²) in [6.45, 7) is 6.11. The van der Waals surface area contributed by atoms with Crippen molar-refractivity contribution in [3.8, 4) is 5.75 Å². The lowest BCUT2D eigenvalue weighted by molar-refractivity contribution is -0.121. The Bertz CT molecular complexity index is 1120. The minimum absolute atomic E-state index is 0.00386. The minimum atomic E-state index is -0.00386. The Morgan fingerprint density at radius 2 is 1.90 bits per heavy atom. The average molecular weight is 437 g/mol. The van der Waals surface area contributed by atoms with Gasteiger partial charge >= 0.3 is 0 Å². The zero-order valence-corrected chi connectivity index (χ0v) is 18.8. The van der Waals surface area contributed by atoms with Crippen LogP contribution < -0.4 is 4.74 Å². The zero-order valence-electron chi connectivity index (χ0n) is 17.1. The average Bonchev–Trinajstić information content (AvgIpc) is 3.23. The number of rotatable bonds is 7. The maximum atomic E-state index is 12.6. The molecule has 0 bridgehead atoms. The Balaban J connectivity index is 1.50. The molecule has 1 aromatic heterocycles. The van der Waals surface area contributed by atoms with Crippen LogP contribution in [-0.4, -0.2) is 32.8 Å². The Kier molecular flexibility index (Phi) is 6.25. The summed E-state index contributed by atoms with van der Waals surface area (Å²) in [6.07, 6.45) is 4.98. The van der Waals surface area contributed by atoms with Gasteiger partial charge in [0.25, 0.3) is 5.91 Å². The summed E-state index contributed by atoms with van der Waals surface area (Å²) in [7, 11) is 0. The number of aromatic nitrogens is 1. The smallest absolute Gasteiger partial charge is 0.266 e. The fraction of sp³-hybridized carbons (Fsp3) is 0.250. The number of amides is 1. The van der Waals surface area contributed by atoms with E-state index in [1.807, 2.05) is 37.3 Å². The molecule has 1 saturated heterocycles. The van der Waals surface area contributed by atoms with Gasteiger partial charge in [0.15, 0.2) is 0 Å². The van der Waals surface area contributed by atoms with E-state index >= 15 is 0 Å². The largest absolute Gasteiger partial charge is 0.494 e. The molecule has 30 heavy (non-hydrogen) atoms. The van der Waals surface area contributed by atoms with Crippen LogP contribution >= 0.6 is 24.0 Å². The standard InChI is InChI=1S/C24H24N2O2S2/c1-3-26-23(27)22(30-24(26)29)15-18-16-25(21-8-5-4-7-20(18)21)13-6-14-28-19-11-9-17(2)10-12-19/h4-5,7-12,15-16H,3,6,13-14H2,1-2H3/b22-15-. The molecular formula is C24H24N2O2S2. The number of thioether (sulfide) groups is 1. The van der Waals surface area contributed by atoms with E-state index in [-0.39, 0.29) is 5.91 Å². The van der Waals surface area contributed by atoms with Crippen molar-refractivity contribution in [3.05, 3.63) is 70.8 Å². The van der Waals surface area contributed by atoms with Gasteiger partial charge in [0.1, 0.15) is 10.1 Å². The van der Waals surface area contributed by atoms with Crippen LogP contribution in [0.4, 0.5) is 0 Å². The molecule has 3 aromatic rings. The lowest BCUT2D eigenvalue weighted by Crippen LogP contribution is -2.27. The summed E-state index contributed by atoms with van der Waals surface area (Å²) in [5.41, 5.74) is 3.43. The topological polar surface area (TPSA) is 34.5 Å². The van der Waals surface area contributed by atoms with Gasteiger partial charge in [0.05, 0.1) is 11.5 Å². The molecular weight excluding hydrogens is 412 g/mol. The van der Waals surface area contributed by atoms with Crippen LogP contribution in [0, 0.1) is 6.92 Å². The van der Waals surface area contributed by atoms with Crippen molar-refractivity contribution in [2.24, 2.45) is 0 Å². The van der Waals surface area contributed by atoms with Crippen molar-refractivity contribution in [1.82, 2.24) is 9.47 Å². The predicted molar refractivity (Wildman–Crippen MR) is 129 cm³/mol. The van der Waals surface area contributed by atoms with Crippen molar-refractivity contribution >= 4 is 51.2 Å². The van der Waals surface area contributed by atoms with Crippen LogP contribution in [0.2, 0.25) is 0 Å². The Morgan fingerprint density at radius 3 is 2.63 bits per heavy atom. The van der Waals surface area contributed by atoms with E-state index in [0.717, 1.165) is 35.2 Å². The van der Waals surface area contributed by atoms with Gasteiger partial charge in [-0.3, -0.25) is 9.69 Å². The SMILES string of the molecule is CCN1C(=O)/C(=C/c2cn(CCCOc3ccc(C)cc3)c3ccccc23)SC1=S. The summed E-state index contributed by atoms with van der Waals surface area (Å²) in [5.74, 6) is 0.896. The van der Waals surface area contributed by atoms with Crippen LogP contribution in [-0.2, 0) is 11.3 Å². The number of nitrogens with zero attached hydrogens (tertiary/aromatic N) is 2. The maximum absolute atomic E-state index is 12.6. The molecule has 0 radical (unpaired) electrons. The van der Waals surface area contributed by atoms with Crippen molar-refractivity contribution in [2.75, 3.05) is 13.2 Å². The van der Waals surface area contributed by atoms with Gasteiger partial charge in [-0.1, -0.05) is 59.9 Å². The van der Waals surface area contributed by atoms with Crippen molar-refractivity contribution in [3.63, 3.8) is 0 Å². The summed E-state index contributed by atoms with van der Waals surface area (Å²) in [6, 6.07) is 16.4. The number of likely N-dealkylation sites (N-methyl/N-ethyl adjacent to an activating group) is 1. The number of benzene rings is 2. The molecule has 0 spiro atoms. The van der Waals surface area contributed by atoms with Crippen LogP contribution in [0.25, 0.3) is 17.0 Å². The zero-order chi connectivity index (χ0) is 21.1. The second-order valence-corrected chi connectivity index (χ2v) is 8.91. The third-order valence-electron chi connectivity index (χ3n) is 5.13. The van der Waals surface area contributed by atoms with Crippen molar-refractivity contribution < 1.29 is 9.53 Å². The number of carbonyl (C=O) groups excluding carboxylic acids is 1. The van der Waals surface area contributed by atoms with Gasteiger partial charge in [0, 0.05) is 35.8 Å². The number of carbonyl (C=O) groups is 1. The minimum Gasteiger partial charge on any atom is -0.494 e. The quantitative estimate of drug-likeness (QED) is 0.273. The summed E-state index contributed by atoms with van der Waals surface area (Å²) in [5, 5.41) is 1.14. The molecule has 0 atom stereocenters. The highest BCUT2D eigenvalue weighted by Crippen LogP contribution is 2.34. The van der Waals surface area contributed by atoms with Crippen molar-refractivity contribution in [1.29, 1.82) is 0 Å². The monoisotopic (exact) mass is 436 g/mol. The van der Waals surface area contributed by atoms with Gasteiger partial charge in [0.2, 0.25) is 0 Å². The fourth-order valence-corrected chi connectivity index (χ4v) is 4.92. The second kappa shape index (κ2) is 9.06. The Morgan fingerprint density at radius 1 is 1.13 bits per heavy atom. The highest BCUT2D eigenvalue weighted by atomic mass is 32.2. The third-order valence-corrected chi connectivity index (χ3v) is 6.51. The number of hydrogen-bond donors (Lipinski definition) is 0. The van der Waals surface area contributed by atoms with E-state index in [9.17, 15) is 4.79 Å². The molecule has 2 aromatic carbocycles. The number of ether oxygens (including phenoxy) is 1. The van der Waals surface area contributed by atoms with E-state index in [0.29, 0.717) is 22.4 Å². The number of thiocarbonyl (C=S) groups is 1. The van der Waals surface area contributed by atoms with Gasteiger partial charge in [-0.05, 0) is 44.5 Å². The molecule has 1 amide bonds. The number of aryl methyl sites for hydroxylation is 2. The van der Waals surface area contributed by atoms with Gasteiger partial charge in [-0.25, -0.2) is 0 Å². The van der Waals surface area contributed by atoms with E-state index < -0.39 is 0 Å². The van der Waals surface area contributed by atoms with Gasteiger partial charge in [-0.2, -0.15) is 0 Å². The summed E-state index contributed by atoms with van der Waals surface area (Å²) >= 11 is 6.72. The second-order valence-electron chi connectivity index (χ2n) is 7.24. The molecule has 0 unspecified atom stereocenters. The van der Waals surface area contributed by atoms with Crippen LogP contribution in [0.3, 0.4) is 0 Å². The lowest BCUT2D eigenvalue weighted by atomic mass is 10.1. The van der Waals surface area contributed by atoms with Gasteiger partial charge in [-0.15, -0.1) is 0 Å². The highest BCUT2D eigenvalue weighted by Gasteiger charge is 2.30. The molecule has 0 saturated carbocycles. The van der Waals surface area contributed by atoms with E-state index in [1.54, 1.807) is 4.90 Å². The molecule has 6 heteroatoms. The fourth-order valence-electron chi connectivity index (χ4n) is 3.55. The highest BCUT2D eigenvalue weighted by molar-refractivity contribution is 8.26. The number of hydrogen-bond acceptors (Lipinski definition) is 4. The Hall–Kier alpha value is -2.57. The van der Waals surface area contributed by atoms with Crippen LogP contribution in [0.5, 0.6) is 5.75 Å². The number of para-hydroxylation sites is 1. The molecule has 0 aliphatic carbocycles. The normalized spacial score (nSPS) is 15.5. The molecule has 4 rings (SSSR count). The summed E-state index contributed by atoms with van der Waals surface area (Å²) in [4.78, 5) is 14.9. The van der Waals surface area contributed by atoms with E-state index in [1.165, 1.54) is 17.3 Å². The summed E-state index contributed by atoms with van der Waals surface area (Å²) < 4.78 is 8.73. The molecule has 0 N–H and O–H groups in total. The number of fused-ring (bicyclic) bond motifs is 1. The first-order valence-electron chi connectivity index (χ1n) is 10.1.